The van der Waals surface area contributed by atoms with Crippen LogP contribution in [0.5, 0.6) is 5.75 Å². The van der Waals surface area contributed by atoms with Crippen LogP contribution in [-0.4, -0.2) is 27.6 Å². The van der Waals surface area contributed by atoms with Crippen LogP contribution in [0.3, 0.4) is 0 Å². The van der Waals surface area contributed by atoms with Gasteiger partial charge in [-0.2, -0.15) is 0 Å². The second-order valence-corrected chi connectivity index (χ2v) is 7.49. The summed E-state index contributed by atoms with van der Waals surface area (Å²) >= 11 is 5.81. The van der Waals surface area contributed by atoms with E-state index in [4.69, 9.17) is 16.3 Å². The Kier molecular flexibility index (Phi) is 4.34. The van der Waals surface area contributed by atoms with Crippen molar-refractivity contribution in [2.45, 2.75) is 4.90 Å². The van der Waals surface area contributed by atoms with Gasteiger partial charge in [0.1, 0.15) is 11.6 Å². The number of fused-ring (bicyclic) bond motifs is 1. The highest BCUT2D eigenvalue weighted by Gasteiger charge is 2.25. The number of methoxy groups -OCH3 is 1. The lowest BCUT2D eigenvalue weighted by Gasteiger charge is -2.20. The van der Waals surface area contributed by atoms with Crippen molar-refractivity contribution in [3.05, 3.63) is 59.8 Å². The van der Waals surface area contributed by atoms with Gasteiger partial charge in [0.15, 0.2) is 0 Å². The molecule has 124 valence electrons. The number of sulfonamides is 1. The van der Waals surface area contributed by atoms with Gasteiger partial charge >= 0.3 is 0 Å². The van der Waals surface area contributed by atoms with Crippen molar-refractivity contribution in [1.29, 1.82) is 0 Å². The maximum atomic E-state index is 13.0. The summed E-state index contributed by atoms with van der Waals surface area (Å²) in [5, 5.41) is 1.77. The molecule has 7 heteroatoms. The van der Waals surface area contributed by atoms with Gasteiger partial charge in [-0.05, 0) is 24.3 Å². The third-order valence-corrected chi connectivity index (χ3v) is 5.78. The fourth-order valence-electron chi connectivity index (χ4n) is 2.47. The average molecular weight is 363 g/mol. The minimum atomic E-state index is -3.78. The monoisotopic (exact) mass is 362 g/mol. The van der Waals surface area contributed by atoms with Crippen LogP contribution < -0.4 is 9.04 Å². The van der Waals surface area contributed by atoms with Crippen molar-refractivity contribution in [3.63, 3.8) is 0 Å². The van der Waals surface area contributed by atoms with Crippen molar-refractivity contribution >= 4 is 38.2 Å². The molecule has 0 bridgehead atoms. The molecule has 0 saturated carbocycles. The van der Waals surface area contributed by atoms with Crippen molar-refractivity contribution in [2.75, 3.05) is 18.5 Å². The SMILES string of the molecule is COc1ccc(S(=O)(=O)N(C)c2ccc(Cl)cn2)c2ccccc12. The number of halogens is 1. The largest absolute Gasteiger partial charge is 0.496 e. The highest BCUT2D eigenvalue weighted by molar-refractivity contribution is 7.93. The summed E-state index contributed by atoms with van der Waals surface area (Å²) in [6.07, 6.45) is 1.41. The number of anilines is 1. The van der Waals surface area contributed by atoms with E-state index in [0.717, 1.165) is 9.69 Å². The minimum Gasteiger partial charge on any atom is -0.496 e. The smallest absolute Gasteiger partial charge is 0.265 e. The molecular formula is C17H15ClN2O3S. The molecule has 3 aromatic rings. The summed E-state index contributed by atoms with van der Waals surface area (Å²) in [7, 11) is -0.766. The Hall–Kier alpha value is -2.31. The van der Waals surface area contributed by atoms with Gasteiger partial charge in [0.05, 0.1) is 17.0 Å². The molecule has 1 aromatic heterocycles. The van der Waals surface area contributed by atoms with Crippen molar-refractivity contribution < 1.29 is 13.2 Å². The number of pyridine rings is 1. The van der Waals surface area contributed by atoms with Crippen LogP contribution in [0.1, 0.15) is 0 Å². The Balaban J connectivity index is 2.17. The Labute approximate surface area is 145 Å². The van der Waals surface area contributed by atoms with E-state index in [-0.39, 0.29) is 4.90 Å². The van der Waals surface area contributed by atoms with Gasteiger partial charge in [0, 0.05) is 24.0 Å². The molecule has 2 aromatic carbocycles. The highest BCUT2D eigenvalue weighted by Crippen LogP contribution is 2.33. The van der Waals surface area contributed by atoms with Gasteiger partial charge in [-0.15, -0.1) is 0 Å². The van der Waals surface area contributed by atoms with Crippen LogP contribution in [-0.2, 0) is 10.0 Å². The van der Waals surface area contributed by atoms with Gasteiger partial charge < -0.3 is 4.74 Å². The molecule has 0 N–H and O–H groups in total. The van der Waals surface area contributed by atoms with E-state index < -0.39 is 10.0 Å². The molecule has 0 unspecified atom stereocenters. The number of ether oxygens (including phenoxy) is 1. The number of nitrogens with zero attached hydrogens (tertiary/aromatic N) is 2. The molecule has 0 aliphatic rings. The van der Waals surface area contributed by atoms with E-state index in [2.05, 4.69) is 4.98 Å². The topological polar surface area (TPSA) is 59.5 Å². The third kappa shape index (κ3) is 2.79. The fourth-order valence-corrected chi connectivity index (χ4v) is 3.93. The summed E-state index contributed by atoms with van der Waals surface area (Å²) in [4.78, 5) is 4.27. The summed E-state index contributed by atoms with van der Waals surface area (Å²) in [5.74, 6) is 0.913. The van der Waals surface area contributed by atoms with E-state index in [1.807, 2.05) is 12.1 Å². The maximum absolute atomic E-state index is 13.0. The Morgan fingerprint density at radius 1 is 1.04 bits per heavy atom. The summed E-state index contributed by atoms with van der Waals surface area (Å²) in [5.41, 5.74) is 0. The lowest BCUT2D eigenvalue weighted by Crippen LogP contribution is -2.27. The Bertz CT molecular complexity index is 988. The lowest BCUT2D eigenvalue weighted by molar-refractivity contribution is 0.419. The molecular weight excluding hydrogens is 348 g/mol. The summed E-state index contributed by atoms with van der Waals surface area (Å²) in [6.45, 7) is 0. The summed E-state index contributed by atoms with van der Waals surface area (Å²) < 4.78 is 32.5. The van der Waals surface area contributed by atoms with Gasteiger partial charge in [0.25, 0.3) is 10.0 Å². The molecule has 24 heavy (non-hydrogen) atoms. The minimum absolute atomic E-state index is 0.193. The molecule has 0 atom stereocenters. The first-order valence-electron chi connectivity index (χ1n) is 7.11. The van der Waals surface area contributed by atoms with E-state index >= 15 is 0 Å². The normalized spacial score (nSPS) is 11.5. The van der Waals surface area contributed by atoms with E-state index in [1.165, 1.54) is 13.2 Å². The average Bonchev–Trinajstić information content (AvgIpc) is 2.60. The van der Waals surface area contributed by atoms with Crippen molar-refractivity contribution in [2.24, 2.45) is 0 Å². The molecule has 1 heterocycles. The fraction of sp³-hybridized carbons (Fsp3) is 0.118. The lowest BCUT2D eigenvalue weighted by atomic mass is 10.1. The second-order valence-electron chi connectivity index (χ2n) is 5.12. The van der Waals surface area contributed by atoms with Gasteiger partial charge in [-0.25, -0.2) is 13.4 Å². The molecule has 0 saturated heterocycles. The molecule has 0 aliphatic heterocycles. The zero-order chi connectivity index (χ0) is 17.3. The van der Waals surface area contributed by atoms with Crippen molar-refractivity contribution in [3.8, 4) is 5.75 Å². The third-order valence-electron chi connectivity index (χ3n) is 3.74. The predicted molar refractivity (Wildman–Crippen MR) is 95.3 cm³/mol. The second kappa shape index (κ2) is 6.30. The molecule has 0 radical (unpaired) electrons. The Morgan fingerprint density at radius 3 is 2.38 bits per heavy atom. The van der Waals surface area contributed by atoms with E-state index in [9.17, 15) is 8.42 Å². The standard InChI is InChI=1S/C17H15ClN2O3S/c1-20(17-10-7-12(18)11-19-17)24(21,22)16-9-8-15(23-2)13-5-3-4-6-14(13)16/h3-11H,1-2H3. The van der Waals surface area contributed by atoms with Crippen LogP contribution in [0, 0.1) is 0 Å². The van der Waals surface area contributed by atoms with Crippen LogP contribution in [0.15, 0.2) is 59.6 Å². The molecule has 0 amide bonds. The van der Waals surface area contributed by atoms with E-state index in [1.54, 1.807) is 43.5 Å². The van der Waals surface area contributed by atoms with Crippen LogP contribution >= 0.6 is 11.6 Å². The number of hydrogen-bond donors (Lipinski definition) is 0. The van der Waals surface area contributed by atoms with Gasteiger partial charge in [0.2, 0.25) is 0 Å². The number of hydrogen-bond acceptors (Lipinski definition) is 4. The zero-order valence-electron chi connectivity index (χ0n) is 13.1. The molecule has 0 aliphatic carbocycles. The number of rotatable bonds is 4. The first-order valence-corrected chi connectivity index (χ1v) is 8.93. The maximum Gasteiger partial charge on any atom is 0.265 e. The number of benzene rings is 2. The number of aromatic nitrogens is 1. The predicted octanol–water partition coefficient (Wildman–Crippen LogP) is 3.72. The molecule has 3 rings (SSSR count). The highest BCUT2D eigenvalue weighted by atomic mass is 35.5. The molecule has 0 fully saturated rings. The van der Waals surface area contributed by atoms with Crippen LogP contribution in [0.2, 0.25) is 5.02 Å². The van der Waals surface area contributed by atoms with Crippen molar-refractivity contribution in [1.82, 2.24) is 4.98 Å². The van der Waals surface area contributed by atoms with Crippen LogP contribution in [0.25, 0.3) is 10.8 Å². The molecule has 0 spiro atoms. The summed E-state index contributed by atoms with van der Waals surface area (Å²) in [6, 6.07) is 13.6. The quantitative estimate of drug-likeness (QED) is 0.709. The first kappa shape index (κ1) is 16.5. The molecule has 5 nitrogen and oxygen atoms in total. The zero-order valence-corrected chi connectivity index (χ0v) is 14.7. The van der Waals surface area contributed by atoms with Gasteiger partial charge in [-0.1, -0.05) is 35.9 Å². The Morgan fingerprint density at radius 2 is 1.75 bits per heavy atom. The van der Waals surface area contributed by atoms with Gasteiger partial charge in [-0.3, -0.25) is 4.31 Å². The van der Waals surface area contributed by atoms with E-state index in [0.29, 0.717) is 22.0 Å². The first-order chi connectivity index (χ1) is 11.4. The van der Waals surface area contributed by atoms with Crippen LogP contribution in [0.4, 0.5) is 5.82 Å².